The first-order chi connectivity index (χ1) is 15.1. The van der Waals surface area contributed by atoms with Crippen LogP contribution in [0.1, 0.15) is 19.0 Å². The maximum atomic E-state index is 12.9. The number of aromatic amines is 1. The summed E-state index contributed by atoms with van der Waals surface area (Å²) in [5.41, 5.74) is 6.11. The number of hydrogen-bond acceptors (Lipinski definition) is 9. The summed E-state index contributed by atoms with van der Waals surface area (Å²) in [6, 6.07) is -5.08. The quantitative estimate of drug-likeness (QED) is 0.136. The number of imidazole rings is 1. The van der Waals surface area contributed by atoms with E-state index in [-0.39, 0.29) is 12.8 Å². The van der Waals surface area contributed by atoms with E-state index in [2.05, 4.69) is 25.9 Å². The molecule has 1 rings (SSSR count). The van der Waals surface area contributed by atoms with Gasteiger partial charge in [0.2, 0.25) is 17.7 Å². The van der Waals surface area contributed by atoms with Gasteiger partial charge in [-0.3, -0.25) is 14.4 Å². The summed E-state index contributed by atoms with van der Waals surface area (Å²) in [5.74, 6) is -3.21. The van der Waals surface area contributed by atoms with Crippen molar-refractivity contribution >= 4 is 35.5 Å². The molecule has 0 saturated heterocycles. The second-order valence-corrected chi connectivity index (χ2v) is 8.02. The van der Waals surface area contributed by atoms with Crippen LogP contribution in [0.4, 0.5) is 0 Å². The van der Waals surface area contributed by atoms with Crippen molar-refractivity contribution in [3.63, 3.8) is 0 Å². The summed E-state index contributed by atoms with van der Waals surface area (Å²) in [4.78, 5) is 55.5. The molecule has 0 aliphatic rings. The third-order valence-electron chi connectivity index (χ3n) is 4.48. The molecule has 180 valence electrons. The number of aliphatic carboxylic acids is 1. The number of aliphatic hydroxyl groups excluding tert-OH is 2. The predicted molar refractivity (Wildman–Crippen MR) is 115 cm³/mol. The summed E-state index contributed by atoms with van der Waals surface area (Å²) in [5, 5.41) is 34.9. The van der Waals surface area contributed by atoms with E-state index in [4.69, 9.17) is 15.9 Å². The van der Waals surface area contributed by atoms with E-state index in [9.17, 15) is 24.3 Å². The summed E-state index contributed by atoms with van der Waals surface area (Å²) in [6.07, 6.45) is 3.66. The number of H-pyrrole nitrogens is 1. The Morgan fingerprint density at radius 1 is 1.12 bits per heavy atom. The number of nitrogens with zero attached hydrogens (tertiary/aromatic N) is 1. The number of carboxylic acid groups (broad SMARTS) is 1. The van der Waals surface area contributed by atoms with E-state index in [0.717, 1.165) is 0 Å². The highest BCUT2D eigenvalue weighted by Gasteiger charge is 2.31. The molecule has 0 aromatic carbocycles. The first-order valence-electron chi connectivity index (χ1n) is 9.75. The molecule has 0 fully saturated rings. The van der Waals surface area contributed by atoms with Crippen molar-refractivity contribution in [2.75, 3.05) is 18.6 Å². The van der Waals surface area contributed by atoms with Crippen molar-refractivity contribution in [1.29, 1.82) is 0 Å². The number of carbonyl (C=O) groups excluding carboxylic acids is 3. The molecule has 1 aromatic heterocycles. The zero-order chi connectivity index (χ0) is 24.3. The van der Waals surface area contributed by atoms with Gasteiger partial charge in [0.05, 0.1) is 19.0 Å². The van der Waals surface area contributed by atoms with Gasteiger partial charge in [0.25, 0.3) is 0 Å². The van der Waals surface area contributed by atoms with Crippen molar-refractivity contribution in [3.8, 4) is 0 Å². The van der Waals surface area contributed by atoms with Crippen molar-refractivity contribution in [3.05, 3.63) is 18.2 Å². The number of amides is 3. The van der Waals surface area contributed by atoms with Crippen LogP contribution in [0.3, 0.4) is 0 Å². The molecule has 0 spiro atoms. The van der Waals surface area contributed by atoms with Crippen LogP contribution in [0.25, 0.3) is 0 Å². The van der Waals surface area contributed by atoms with Crippen LogP contribution in [0, 0.1) is 0 Å². The zero-order valence-electron chi connectivity index (χ0n) is 17.8. The fourth-order valence-electron chi connectivity index (χ4n) is 2.55. The van der Waals surface area contributed by atoms with Gasteiger partial charge in [-0.2, -0.15) is 11.8 Å². The molecule has 1 aromatic rings. The number of aromatic nitrogens is 2. The molecule has 0 bridgehead atoms. The van der Waals surface area contributed by atoms with Crippen LogP contribution < -0.4 is 21.7 Å². The Kier molecular flexibility index (Phi) is 11.7. The Balaban J connectivity index is 3.00. The van der Waals surface area contributed by atoms with Gasteiger partial charge in [-0.25, -0.2) is 9.78 Å². The van der Waals surface area contributed by atoms with E-state index in [0.29, 0.717) is 11.4 Å². The van der Waals surface area contributed by atoms with Gasteiger partial charge in [-0.15, -0.1) is 0 Å². The summed E-state index contributed by atoms with van der Waals surface area (Å²) < 4.78 is 0. The van der Waals surface area contributed by atoms with Crippen molar-refractivity contribution in [1.82, 2.24) is 25.9 Å². The molecular formula is C18H30N6O7S. The van der Waals surface area contributed by atoms with Crippen LogP contribution in [0.2, 0.25) is 0 Å². The van der Waals surface area contributed by atoms with Gasteiger partial charge in [0.15, 0.2) is 0 Å². The Labute approximate surface area is 188 Å². The van der Waals surface area contributed by atoms with E-state index in [1.54, 1.807) is 0 Å². The second kappa shape index (κ2) is 13.7. The summed E-state index contributed by atoms with van der Waals surface area (Å²) >= 11 is 1.44. The number of thioether (sulfide) groups is 1. The molecule has 13 nitrogen and oxygen atoms in total. The first-order valence-corrected chi connectivity index (χ1v) is 11.1. The number of carbonyl (C=O) groups is 4. The van der Waals surface area contributed by atoms with E-state index in [1.165, 1.54) is 31.2 Å². The topological polar surface area (TPSA) is 220 Å². The maximum absolute atomic E-state index is 12.9. The molecular weight excluding hydrogens is 444 g/mol. The number of carboxylic acids is 1. The lowest BCUT2D eigenvalue weighted by Gasteiger charge is -2.25. The average molecular weight is 475 g/mol. The normalized spacial score (nSPS) is 15.7. The molecule has 9 N–H and O–H groups in total. The third kappa shape index (κ3) is 8.82. The highest BCUT2D eigenvalue weighted by molar-refractivity contribution is 7.98. The molecule has 0 aliphatic heterocycles. The third-order valence-corrected chi connectivity index (χ3v) is 5.12. The number of rotatable bonds is 14. The molecule has 5 unspecified atom stereocenters. The maximum Gasteiger partial charge on any atom is 0.328 e. The number of nitrogens with one attached hydrogen (secondary N) is 4. The Bertz CT molecular complexity index is 761. The highest BCUT2D eigenvalue weighted by Crippen LogP contribution is 2.05. The predicted octanol–water partition coefficient (Wildman–Crippen LogP) is -3.06. The molecule has 0 saturated carbocycles. The van der Waals surface area contributed by atoms with Gasteiger partial charge in [0.1, 0.15) is 24.2 Å². The van der Waals surface area contributed by atoms with Crippen LogP contribution in [-0.4, -0.2) is 97.9 Å². The number of aliphatic hydroxyl groups is 2. The van der Waals surface area contributed by atoms with Gasteiger partial charge in [0, 0.05) is 18.3 Å². The van der Waals surface area contributed by atoms with Crippen LogP contribution in [0.5, 0.6) is 0 Å². The lowest BCUT2D eigenvalue weighted by molar-refractivity contribution is -0.143. The Hall–Kier alpha value is -2.68. The number of nitrogens with two attached hydrogens (primary N) is 1. The molecule has 0 radical (unpaired) electrons. The SMILES string of the molecule is CSCCC(NC(=O)C(N)C(C)O)C(=O)NC(Cc1cnc[nH]1)C(=O)NC(CO)C(=O)O. The second-order valence-electron chi connectivity index (χ2n) is 7.03. The zero-order valence-corrected chi connectivity index (χ0v) is 18.6. The van der Waals surface area contributed by atoms with Gasteiger partial charge in [-0.1, -0.05) is 0 Å². The largest absolute Gasteiger partial charge is 0.480 e. The smallest absolute Gasteiger partial charge is 0.328 e. The van der Waals surface area contributed by atoms with Crippen molar-refractivity contribution in [2.24, 2.45) is 5.73 Å². The van der Waals surface area contributed by atoms with E-state index < -0.39 is 60.6 Å². The molecule has 5 atom stereocenters. The highest BCUT2D eigenvalue weighted by atomic mass is 32.2. The summed E-state index contributed by atoms with van der Waals surface area (Å²) in [6.45, 7) is 0.501. The monoisotopic (exact) mass is 474 g/mol. The molecule has 32 heavy (non-hydrogen) atoms. The fraction of sp³-hybridized carbons (Fsp3) is 0.611. The Morgan fingerprint density at radius 2 is 1.72 bits per heavy atom. The average Bonchev–Trinajstić information content (AvgIpc) is 3.26. The minimum Gasteiger partial charge on any atom is -0.480 e. The van der Waals surface area contributed by atoms with Crippen molar-refractivity contribution < 1.29 is 34.5 Å². The lowest BCUT2D eigenvalue weighted by Crippen LogP contribution is -2.59. The van der Waals surface area contributed by atoms with Crippen LogP contribution in [-0.2, 0) is 25.6 Å². The standard InChI is InChI=1S/C18H30N6O7S/c1-9(26)14(19)17(29)22-11(3-4-32-2)15(27)23-12(5-10-6-20-8-21-10)16(28)24-13(7-25)18(30)31/h6,8-9,11-14,25-26H,3-5,7,19H2,1-2H3,(H,20,21)(H,22,29)(H,23,27)(H,24,28)(H,30,31). The van der Waals surface area contributed by atoms with E-state index >= 15 is 0 Å². The van der Waals surface area contributed by atoms with Gasteiger partial charge < -0.3 is 42.0 Å². The molecule has 1 heterocycles. The van der Waals surface area contributed by atoms with Gasteiger partial charge in [-0.05, 0) is 25.4 Å². The lowest BCUT2D eigenvalue weighted by atomic mass is 10.1. The number of hydrogen-bond donors (Lipinski definition) is 8. The fourth-order valence-corrected chi connectivity index (χ4v) is 3.02. The Morgan fingerprint density at radius 3 is 2.22 bits per heavy atom. The van der Waals surface area contributed by atoms with E-state index in [1.807, 2.05) is 6.26 Å². The molecule has 0 aliphatic carbocycles. The molecule has 14 heteroatoms. The minimum absolute atomic E-state index is 0.0499. The van der Waals surface area contributed by atoms with Gasteiger partial charge >= 0.3 is 5.97 Å². The summed E-state index contributed by atoms with van der Waals surface area (Å²) in [7, 11) is 0. The van der Waals surface area contributed by atoms with Crippen LogP contribution >= 0.6 is 11.8 Å². The van der Waals surface area contributed by atoms with Crippen LogP contribution in [0.15, 0.2) is 12.5 Å². The first kappa shape index (κ1) is 27.4. The molecule has 3 amide bonds. The van der Waals surface area contributed by atoms with Crippen molar-refractivity contribution in [2.45, 2.75) is 50.0 Å². The minimum atomic E-state index is -1.56.